The molecule has 1 heterocycles. The molecule has 0 N–H and O–H groups in total. The van der Waals surface area contributed by atoms with Crippen molar-refractivity contribution in [2.24, 2.45) is 11.1 Å². The van der Waals surface area contributed by atoms with Gasteiger partial charge in [0.1, 0.15) is 11.5 Å². The first-order chi connectivity index (χ1) is 29.3. The highest BCUT2D eigenvalue weighted by Gasteiger charge is 2.32. The summed E-state index contributed by atoms with van der Waals surface area (Å²) in [5, 5.41) is 6.56. The third-order valence-corrected chi connectivity index (χ3v) is 10.7. The van der Waals surface area contributed by atoms with Gasteiger partial charge in [0.25, 0.3) is 0 Å². The predicted octanol–water partition coefficient (Wildman–Crippen LogP) is 12.4. The Bertz CT molecular complexity index is 2690. The topological polar surface area (TPSA) is 96.2 Å². The molecule has 0 aliphatic heterocycles. The Kier molecular flexibility index (Phi) is 13.5. The Morgan fingerprint density at radius 2 is 1.40 bits per heavy atom. The molecule has 62 heavy (non-hydrogen) atoms. The molecule has 0 fully saturated rings. The molecule has 6 rings (SSSR count). The zero-order valence-electron chi connectivity index (χ0n) is 35.1. The zero-order chi connectivity index (χ0) is 45.1. The number of ether oxygens (including phenoxy) is 2. The molecular weight excluding hydrogens is 815 g/mol. The molecule has 5 aromatic carbocycles. The maximum Gasteiger partial charge on any atom is 0.422 e. The predicted molar refractivity (Wildman–Crippen MR) is 227 cm³/mol. The number of hydrogen-bond acceptors (Lipinski definition) is 7. The highest BCUT2D eigenvalue weighted by atomic mass is 19.4. The smallest absolute Gasteiger partial charge is 0.422 e. The standard InChI is InChI=1S/C48H46F6N2O6/c1-7-9-12-31(8-2)24-56-40-18-15-32(45(58)43(55-62-30(6)57)36-17-16-33(60-25-47(49,50)51)22-41(36)61-26-48(52,53)54)21-37(40)38-23-39(34-13-10-11-14-35(34)44(38)56)46(59)42-28(4)19-27(3)20-29(42)5/h10-11,13-23,31H,7-9,12,24-26H2,1-6H3/b55-43+. The summed E-state index contributed by atoms with van der Waals surface area (Å²) in [7, 11) is 0. The van der Waals surface area contributed by atoms with E-state index >= 15 is 0 Å². The van der Waals surface area contributed by atoms with Crippen LogP contribution in [0.3, 0.4) is 0 Å². The fourth-order valence-electron chi connectivity index (χ4n) is 8.02. The van der Waals surface area contributed by atoms with Gasteiger partial charge in [0.2, 0.25) is 5.78 Å². The van der Waals surface area contributed by atoms with Crippen LogP contribution < -0.4 is 9.47 Å². The number of fused-ring (bicyclic) bond motifs is 5. The molecule has 14 heteroatoms. The number of Topliss-reactive ketones (excluding diaryl/α,β-unsaturated/α-hetero) is 1. The third-order valence-electron chi connectivity index (χ3n) is 10.7. The SMILES string of the molecule is CCCCC(CC)Cn1c2ccc(C(=O)/C(=N/OC(C)=O)c3ccc(OCC(F)(F)F)cc3OCC(F)(F)F)cc2c2cc(C(=O)c3c(C)cc(C)cc3C)c3ccccc3c21. The second kappa shape index (κ2) is 18.4. The van der Waals surface area contributed by atoms with Crippen LogP contribution in [0.5, 0.6) is 11.5 Å². The average molecular weight is 861 g/mol. The number of nitrogens with zero attached hydrogens (tertiary/aromatic N) is 2. The number of unbranched alkanes of at least 4 members (excludes halogenated alkanes) is 1. The molecule has 326 valence electrons. The first-order valence-corrected chi connectivity index (χ1v) is 20.2. The van der Waals surface area contributed by atoms with Crippen molar-refractivity contribution in [3.8, 4) is 11.5 Å². The van der Waals surface area contributed by atoms with E-state index in [-0.39, 0.29) is 17.3 Å². The molecule has 0 aliphatic rings. The van der Waals surface area contributed by atoms with E-state index in [0.29, 0.717) is 28.4 Å². The van der Waals surface area contributed by atoms with Gasteiger partial charge >= 0.3 is 18.3 Å². The number of benzene rings is 5. The van der Waals surface area contributed by atoms with Gasteiger partial charge in [0.05, 0.1) is 11.1 Å². The average Bonchev–Trinajstić information content (AvgIpc) is 3.52. The van der Waals surface area contributed by atoms with E-state index in [1.807, 2.05) is 63.2 Å². The van der Waals surface area contributed by atoms with E-state index < -0.39 is 60.1 Å². The maximum atomic E-state index is 14.7. The van der Waals surface area contributed by atoms with Crippen molar-refractivity contribution in [2.45, 2.75) is 86.1 Å². The Morgan fingerprint density at radius 3 is 2.03 bits per heavy atom. The van der Waals surface area contributed by atoms with E-state index in [9.17, 15) is 40.7 Å². The van der Waals surface area contributed by atoms with Crippen molar-refractivity contribution in [2.75, 3.05) is 13.2 Å². The molecule has 1 atom stereocenters. The van der Waals surface area contributed by atoms with Gasteiger partial charge in [-0.05, 0) is 86.0 Å². The molecule has 1 aromatic heterocycles. The lowest BCUT2D eigenvalue weighted by Gasteiger charge is -2.19. The fourth-order valence-corrected chi connectivity index (χ4v) is 8.02. The summed E-state index contributed by atoms with van der Waals surface area (Å²) < 4.78 is 91.2. The van der Waals surface area contributed by atoms with E-state index in [2.05, 4.69) is 23.6 Å². The van der Waals surface area contributed by atoms with Gasteiger partial charge in [0.15, 0.2) is 24.7 Å². The molecule has 0 amide bonds. The van der Waals surface area contributed by atoms with Crippen molar-refractivity contribution < 1.29 is 55.0 Å². The van der Waals surface area contributed by atoms with E-state index in [1.54, 1.807) is 12.1 Å². The van der Waals surface area contributed by atoms with Gasteiger partial charge in [-0.1, -0.05) is 80.2 Å². The number of alkyl halides is 6. The summed E-state index contributed by atoms with van der Waals surface area (Å²) in [6.45, 7) is 8.02. The van der Waals surface area contributed by atoms with Gasteiger partial charge in [-0.2, -0.15) is 26.3 Å². The van der Waals surface area contributed by atoms with Crippen molar-refractivity contribution in [1.82, 2.24) is 4.57 Å². The summed E-state index contributed by atoms with van der Waals surface area (Å²) in [6, 6.07) is 21.1. The largest absolute Gasteiger partial charge is 0.484 e. The quantitative estimate of drug-likeness (QED) is 0.0316. The highest BCUT2D eigenvalue weighted by Crippen LogP contribution is 2.40. The van der Waals surface area contributed by atoms with Crippen molar-refractivity contribution in [3.05, 3.63) is 118 Å². The van der Waals surface area contributed by atoms with E-state index in [0.717, 1.165) is 89.3 Å². The Hall–Kier alpha value is -6.18. The van der Waals surface area contributed by atoms with Gasteiger partial charge in [-0.15, -0.1) is 0 Å². The Morgan fingerprint density at radius 1 is 0.742 bits per heavy atom. The number of oxime groups is 1. The Labute approximate surface area is 354 Å². The summed E-state index contributed by atoms with van der Waals surface area (Å²) in [5.41, 5.74) is 4.20. The minimum absolute atomic E-state index is 0.0223. The van der Waals surface area contributed by atoms with Crippen LogP contribution in [0.1, 0.15) is 95.0 Å². The summed E-state index contributed by atoms with van der Waals surface area (Å²) in [4.78, 5) is 46.2. The van der Waals surface area contributed by atoms with Gasteiger partial charge < -0.3 is 18.9 Å². The molecule has 6 aromatic rings. The zero-order valence-corrected chi connectivity index (χ0v) is 35.1. The van der Waals surface area contributed by atoms with Crippen LogP contribution in [0, 0.1) is 26.7 Å². The first-order valence-electron chi connectivity index (χ1n) is 20.2. The lowest BCUT2D eigenvalue weighted by Crippen LogP contribution is -2.23. The van der Waals surface area contributed by atoms with Crippen LogP contribution in [0.15, 0.2) is 84.0 Å². The van der Waals surface area contributed by atoms with Crippen LogP contribution in [0.4, 0.5) is 26.3 Å². The van der Waals surface area contributed by atoms with Crippen LogP contribution in [-0.2, 0) is 16.2 Å². The minimum atomic E-state index is -4.88. The molecule has 0 saturated carbocycles. The van der Waals surface area contributed by atoms with Crippen LogP contribution in [0.25, 0.3) is 32.6 Å². The number of ketones is 2. The number of rotatable bonds is 16. The summed E-state index contributed by atoms with van der Waals surface area (Å²) in [6.07, 6.45) is -5.74. The van der Waals surface area contributed by atoms with Crippen molar-refractivity contribution >= 4 is 55.8 Å². The van der Waals surface area contributed by atoms with Crippen LogP contribution in [-0.4, -0.2) is 53.4 Å². The molecule has 0 saturated heterocycles. The monoisotopic (exact) mass is 860 g/mol. The van der Waals surface area contributed by atoms with Gasteiger partial charge in [-0.25, -0.2) is 4.79 Å². The first kappa shape index (κ1) is 45.3. The second-order valence-corrected chi connectivity index (χ2v) is 15.5. The van der Waals surface area contributed by atoms with Gasteiger partial charge in [0, 0.05) is 57.9 Å². The maximum absolute atomic E-state index is 14.7. The Balaban J connectivity index is 1.59. The number of carbonyl (C=O) groups is 3. The van der Waals surface area contributed by atoms with Crippen molar-refractivity contribution in [1.29, 1.82) is 0 Å². The van der Waals surface area contributed by atoms with E-state index in [4.69, 9.17) is 14.3 Å². The van der Waals surface area contributed by atoms with Gasteiger partial charge in [-0.3, -0.25) is 9.59 Å². The summed E-state index contributed by atoms with van der Waals surface area (Å²) in [5.74, 6) is -2.97. The number of aryl methyl sites for hydroxylation is 3. The fraction of sp³-hybridized carbons (Fsp3) is 0.333. The number of halogens is 6. The molecule has 0 spiro atoms. The van der Waals surface area contributed by atoms with E-state index in [1.165, 1.54) is 6.07 Å². The van der Waals surface area contributed by atoms with Crippen molar-refractivity contribution in [3.63, 3.8) is 0 Å². The number of aromatic nitrogens is 1. The summed E-state index contributed by atoms with van der Waals surface area (Å²) >= 11 is 0. The second-order valence-electron chi connectivity index (χ2n) is 15.5. The molecule has 8 nitrogen and oxygen atoms in total. The minimum Gasteiger partial charge on any atom is -0.484 e. The molecule has 1 unspecified atom stereocenters. The normalized spacial score (nSPS) is 12.9. The highest BCUT2D eigenvalue weighted by molar-refractivity contribution is 6.52. The third kappa shape index (κ3) is 10.1. The molecule has 0 radical (unpaired) electrons. The lowest BCUT2D eigenvalue weighted by atomic mass is 9.89. The number of carbonyl (C=O) groups excluding carboxylic acids is 3. The molecule has 0 bridgehead atoms. The lowest BCUT2D eigenvalue weighted by molar-refractivity contribution is -0.154. The molecule has 0 aliphatic carbocycles. The number of hydrogen-bond donors (Lipinski definition) is 0. The van der Waals surface area contributed by atoms with Crippen LogP contribution >= 0.6 is 0 Å². The molecular formula is C48H46F6N2O6. The van der Waals surface area contributed by atoms with Crippen LogP contribution in [0.2, 0.25) is 0 Å².